The third-order valence-corrected chi connectivity index (χ3v) is 4.04. The first-order valence-corrected chi connectivity index (χ1v) is 7.24. The van der Waals surface area contributed by atoms with Crippen molar-refractivity contribution in [1.29, 1.82) is 0 Å². The lowest BCUT2D eigenvalue weighted by atomic mass is 9.82. The van der Waals surface area contributed by atoms with E-state index in [0.717, 1.165) is 38.5 Å². The van der Waals surface area contributed by atoms with Crippen molar-refractivity contribution in [3.63, 3.8) is 0 Å². The van der Waals surface area contributed by atoms with Gasteiger partial charge in [0, 0.05) is 6.42 Å². The van der Waals surface area contributed by atoms with E-state index < -0.39 is 0 Å². The highest BCUT2D eigenvalue weighted by Gasteiger charge is 2.32. The van der Waals surface area contributed by atoms with Crippen LogP contribution >= 0.6 is 0 Å². The van der Waals surface area contributed by atoms with E-state index in [9.17, 15) is 9.90 Å². The lowest BCUT2D eigenvalue weighted by Crippen LogP contribution is -2.52. The standard InChI is InChI=1S/C14H28N2O2/c1-12(7-10-15)5-6-13(18)16-14(11-17)8-3-2-4-9-14/h12,17H,2-11,15H2,1H3,(H,16,18). The van der Waals surface area contributed by atoms with E-state index in [4.69, 9.17) is 5.73 Å². The van der Waals surface area contributed by atoms with Gasteiger partial charge in [-0.05, 0) is 38.1 Å². The molecule has 106 valence electrons. The molecule has 4 heteroatoms. The minimum Gasteiger partial charge on any atom is -0.394 e. The van der Waals surface area contributed by atoms with E-state index in [-0.39, 0.29) is 18.1 Å². The number of amides is 1. The molecular weight excluding hydrogens is 228 g/mol. The number of aliphatic hydroxyl groups excluding tert-OH is 1. The second kappa shape index (κ2) is 7.74. The SMILES string of the molecule is CC(CCN)CCC(=O)NC1(CO)CCCCC1. The van der Waals surface area contributed by atoms with Gasteiger partial charge in [0.25, 0.3) is 0 Å². The number of hydrogen-bond acceptors (Lipinski definition) is 3. The first-order chi connectivity index (χ1) is 8.62. The van der Waals surface area contributed by atoms with Gasteiger partial charge in [0.15, 0.2) is 0 Å². The quantitative estimate of drug-likeness (QED) is 0.647. The predicted molar refractivity (Wildman–Crippen MR) is 73.1 cm³/mol. The minimum absolute atomic E-state index is 0.0666. The Hall–Kier alpha value is -0.610. The topological polar surface area (TPSA) is 75.4 Å². The predicted octanol–water partition coefficient (Wildman–Crippen LogP) is 1.56. The van der Waals surface area contributed by atoms with Crippen molar-refractivity contribution in [1.82, 2.24) is 5.32 Å². The molecule has 1 aliphatic rings. The van der Waals surface area contributed by atoms with Crippen molar-refractivity contribution in [3.05, 3.63) is 0 Å². The summed E-state index contributed by atoms with van der Waals surface area (Å²) >= 11 is 0. The molecule has 1 saturated carbocycles. The van der Waals surface area contributed by atoms with Gasteiger partial charge in [-0.25, -0.2) is 0 Å². The maximum Gasteiger partial charge on any atom is 0.220 e. The third kappa shape index (κ3) is 4.94. The second-order valence-corrected chi connectivity index (χ2v) is 5.77. The van der Waals surface area contributed by atoms with E-state index in [2.05, 4.69) is 12.2 Å². The van der Waals surface area contributed by atoms with Gasteiger partial charge in [-0.15, -0.1) is 0 Å². The molecule has 0 saturated heterocycles. The summed E-state index contributed by atoms with van der Waals surface area (Å²) in [6.45, 7) is 2.88. The Morgan fingerprint density at radius 1 is 1.33 bits per heavy atom. The molecule has 0 bridgehead atoms. The van der Waals surface area contributed by atoms with E-state index >= 15 is 0 Å². The number of nitrogens with one attached hydrogen (secondary N) is 1. The third-order valence-electron chi connectivity index (χ3n) is 4.04. The summed E-state index contributed by atoms with van der Waals surface area (Å²) in [4.78, 5) is 11.9. The molecule has 0 radical (unpaired) electrons. The molecule has 0 aromatic heterocycles. The summed E-state index contributed by atoms with van der Waals surface area (Å²) in [5, 5.41) is 12.6. The van der Waals surface area contributed by atoms with Crippen LogP contribution in [0, 0.1) is 5.92 Å². The van der Waals surface area contributed by atoms with Crippen LogP contribution in [-0.2, 0) is 4.79 Å². The van der Waals surface area contributed by atoms with Gasteiger partial charge in [0.1, 0.15) is 0 Å². The molecule has 1 aliphatic carbocycles. The van der Waals surface area contributed by atoms with Crippen molar-refractivity contribution in [3.8, 4) is 0 Å². The normalized spacial score (nSPS) is 20.4. The largest absolute Gasteiger partial charge is 0.394 e. The van der Waals surface area contributed by atoms with Crippen LogP contribution in [0.1, 0.15) is 58.3 Å². The molecule has 4 N–H and O–H groups in total. The van der Waals surface area contributed by atoms with E-state index in [1.54, 1.807) is 0 Å². The molecule has 0 aromatic rings. The van der Waals surface area contributed by atoms with Gasteiger partial charge >= 0.3 is 0 Å². The van der Waals surface area contributed by atoms with E-state index in [1.807, 2.05) is 0 Å². The number of carbonyl (C=O) groups is 1. The first-order valence-electron chi connectivity index (χ1n) is 7.24. The summed E-state index contributed by atoms with van der Waals surface area (Å²) in [6.07, 6.45) is 7.63. The Morgan fingerprint density at radius 3 is 2.56 bits per heavy atom. The summed E-state index contributed by atoms with van der Waals surface area (Å²) in [6, 6.07) is 0. The van der Waals surface area contributed by atoms with Gasteiger partial charge in [-0.3, -0.25) is 4.79 Å². The Kier molecular flexibility index (Phi) is 6.65. The van der Waals surface area contributed by atoms with Crippen LogP contribution in [0.3, 0.4) is 0 Å². The van der Waals surface area contributed by atoms with Crippen LogP contribution in [0.2, 0.25) is 0 Å². The van der Waals surface area contributed by atoms with Gasteiger partial charge < -0.3 is 16.2 Å². The summed E-state index contributed by atoms with van der Waals surface area (Å²) in [5.74, 6) is 0.576. The highest BCUT2D eigenvalue weighted by atomic mass is 16.3. The molecule has 0 spiro atoms. The van der Waals surface area contributed by atoms with Gasteiger partial charge in [-0.1, -0.05) is 26.2 Å². The van der Waals surface area contributed by atoms with Gasteiger partial charge in [0.2, 0.25) is 5.91 Å². The Balaban J connectivity index is 2.33. The van der Waals surface area contributed by atoms with Crippen LogP contribution in [0.25, 0.3) is 0 Å². The highest BCUT2D eigenvalue weighted by molar-refractivity contribution is 5.76. The molecule has 4 nitrogen and oxygen atoms in total. The summed E-state index contributed by atoms with van der Waals surface area (Å²) in [7, 11) is 0. The zero-order valence-corrected chi connectivity index (χ0v) is 11.6. The lowest BCUT2D eigenvalue weighted by molar-refractivity contribution is -0.124. The number of carbonyl (C=O) groups excluding carboxylic acids is 1. The number of nitrogens with two attached hydrogens (primary N) is 1. The van der Waals surface area contributed by atoms with Crippen molar-refractivity contribution in [2.24, 2.45) is 11.7 Å². The molecule has 0 aromatic carbocycles. The Bertz CT molecular complexity index is 250. The molecular formula is C14H28N2O2. The van der Waals surface area contributed by atoms with Crippen LogP contribution in [0.15, 0.2) is 0 Å². The molecule has 1 atom stereocenters. The molecule has 1 fully saturated rings. The van der Waals surface area contributed by atoms with Gasteiger partial charge in [0.05, 0.1) is 12.1 Å². The highest BCUT2D eigenvalue weighted by Crippen LogP contribution is 2.28. The number of hydrogen-bond donors (Lipinski definition) is 3. The van der Waals surface area contributed by atoms with Crippen molar-refractivity contribution in [2.45, 2.75) is 63.8 Å². The van der Waals surface area contributed by atoms with Crippen LogP contribution in [0.4, 0.5) is 0 Å². The van der Waals surface area contributed by atoms with Crippen LogP contribution < -0.4 is 11.1 Å². The molecule has 0 aliphatic heterocycles. The average Bonchev–Trinajstić information content (AvgIpc) is 2.38. The minimum atomic E-state index is -0.341. The van der Waals surface area contributed by atoms with Crippen molar-refractivity contribution >= 4 is 5.91 Å². The zero-order valence-electron chi connectivity index (χ0n) is 11.6. The first kappa shape index (κ1) is 15.4. The summed E-state index contributed by atoms with van der Waals surface area (Å²) < 4.78 is 0. The van der Waals surface area contributed by atoms with Gasteiger partial charge in [-0.2, -0.15) is 0 Å². The van der Waals surface area contributed by atoms with Crippen molar-refractivity contribution < 1.29 is 9.90 Å². The Morgan fingerprint density at radius 2 is 2.00 bits per heavy atom. The average molecular weight is 256 g/mol. The zero-order chi connectivity index (χ0) is 13.4. The van der Waals surface area contributed by atoms with E-state index in [1.165, 1.54) is 6.42 Å². The fraction of sp³-hybridized carbons (Fsp3) is 0.929. The van der Waals surface area contributed by atoms with Crippen molar-refractivity contribution in [2.75, 3.05) is 13.2 Å². The molecule has 18 heavy (non-hydrogen) atoms. The van der Waals surface area contributed by atoms with Crippen LogP contribution in [0.5, 0.6) is 0 Å². The van der Waals surface area contributed by atoms with Crippen LogP contribution in [-0.4, -0.2) is 29.7 Å². The maximum absolute atomic E-state index is 11.9. The summed E-state index contributed by atoms with van der Waals surface area (Å²) in [5.41, 5.74) is 5.15. The lowest BCUT2D eigenvalue weighted by Gasteiger charge is -2.36. The maximum atomic E-state index is 11.9. The number of rotatable bonds is 7. The smallest absolute Gasteiger partial charge is 0.220 e. The van der Waals surface area contributed by atoms with E-state index in [0.29, 0.717) is 18.9 Å². The number of aliphatic hydroxyl groups is 1. The fourth-order valence-electron chi connectivity index (χ4n) is 2.72. The second-order valence-electron chi connectivity index (χ2n) is 5.77. The molecule has 0 heterocycles. The molecule has 1 rings (SSSR count). The molecule has 1 unspecified atom stereocenters. The fourth-order valence-corrected chi connectivity index (χ4v) is 2.72. The molecule has 1 amide bonds. The monoisotopic (exact) mass is 256 g/mol. The Labute approximate surface area is 110 Å².